The van der Waals surface area contributed by atoms with Crippen LogP contribution in [0.25, 0.3) is 0 Å². The summed E-state index contributed by atoms with van der Waals surface area (Å²) in [6, 6.07) is 13.8. The molecule has 1 saturated carbocycles. The van der Waals surface area contributed by atoms with Crippen molar-refractivity contribution in [1.82, 2.24) is 14.8 Å². The van der Waals surface area contributed by atoms with Crippen molar-refractivity contribution in [3.8, 4) is 0 Å². The van der Waals surface area contributed by atoms with Crippen LogP contribution < -0.4 is 5.32 Å². The molecule has 2 aliphatic heterocycles. The molecule has 1 N–H and O–H groups in total. The lowest BCUT2D eigenvalue weighted by molar-refractivity contribution is 0.0763. The highest BCUT2D eigenvalue weighted by atomic mass is 16.2. The first kappa shape index (κ1) is 20.5. The minimum Gasteiger partial charge on any atom is -0.382 e. The molecule has 4 atom stereocenters. The Labute approximate surface area is 185 Å². The van der Waals surface area contributed by atoms with Crippen LogP contribution in [0.15, 0.2) is 42.6 Å². The lowest BCUT2D eigenvalue weighted by atomic mass is 9.90. The molecule has 1 amide bonds. The van der Waals surface area contributed by atoms with Crippen molar-refractivity contribution in [1.29, 1.82) is 0 Å². The van der Waals surface area contributed by atoms with Gasteiger partial charge in [0.15, 0.2) is 0 Å². The van der Waals surface area contributed by atoms with Crippen molar-refractivity contribution in [2.75, 3.05) is 31.5 Å². The molecule has 0 radical (unpaired) electrons. The molecule has 1 aliphatic carbocycles. The molecule has 164 valence electrons. The third kappa shape index (κ3) is 4.20. The summed E-state index contributed by atoms with van der Waals surface area (Å²) in [4.78, 5) is 22.4. The fourth-order valence-electron chi connectivity index (χ4n) is 6.07. The summed E-state index contributed by atoms with van der Waals surface area (Å²) in [5.41, 5.74) is 3.93. The molecular formula is C26H34N4O. The number of para-hydroxylation sites is 1. The number of nitrogens with zero attached hydrogens (tertiary/aromatic N) is 3. The van der Waals surface area contributed by atoms with Gasteiger partial charge in [0.05, 0.1) is 11.3 Å². The summed E-state index contributed by atoms with van der Waals surface area (Å²) in [5.74, 6) is 1.40. The Morgan fingerprint density at radius 1 is 1.00 bits per heavy atom. The van der Waals surface area contributed by atoms with Crippen LogP contribution in [0.2, 0.25) is 0 Å². The fourth-order valence-corrected chi connectivity index (χ4v) is 6.07. The molecule has 5 rings (SSSR count). The summed E-state index contributed by atoms with van der Waals surface area (Å²) in [7, 11) is 0. The second-order valence-electron chi connectivity index (χ2n) is 9.80. The Kier molecular flexibility index (Phi) is 5.70. The number of pyridine rings is 1. The van der Waals surface area contributed by atoms with Gasteiger partial charge >= 0.3 is 0 Å². The highest BCUT2D eigenvalue weighted by Gasteiger charge is 2.44. The van der Waals surface area contributed by atoms with Gasteiger partial charge in [-0.05, 0) is 75.1 Å². The first-order chi connectivity index (χ1) is 15.1. The van der Waals surface area contributed by atoms with Crippen LogP contribution in [-0.4, -0.2) is 59.0 Å². The van der Waals surface area contributed by atoms with Crippen LogP contribution in [0, 0.1) is 25.7 Å². The second kappa shape index (κ2) is 8.62. The first-order valence-electron chi connectivity index (χ1n) is 11.9. The van der Waals surface area contributed by atoms with Gasteiger partial charge in [-0.1, -0.05) is 18.2 Å². The highest BCUT2D eigenvalue weighted by Crippen LogP contribution is 2.36. The van der Waals surface area contributed by atoms with E-state index in [4.69, 9.17) is 0 Å². The molecule has 3 fully saturated rings. The molecular weight excluding hydrogens is 384 g/mol. The zero-order valence-corrected chi connectivity index (χ0v) is 18.8. The topological polar surface area (TPSA) is 48.5 Å². The van der Waals surface area contributed by atoms with E-state index in [2.05, 4.69) is 50.4 Å². The van der Waals surface area contributed by atoms with Crippen molar-refractivity contribution >= 4 is 11.6 Å². The Bertz CT molecular complexity index is 896. The summed E-state index contributed by atoms with van der Waals surface area (Å²) in [6.07, 6.45) is 6.89. The molecule has 2 aromatic rings. The van der Waals surface area contributed by atoms with Gasteiger partial charge in [0.2, 0.25) is 0 Å². The van der Waals surface area contributed by atoms with E-state index in [0.717, 1.165) is 43.0 Å². The summed E-state index contributed by atoms with van der Waals surface area (Å²) >= 11 is 0. The van der Waals surface area contributed by atoms with Crippen LogP contribution in [0.4, 0.5) is 5.69 Å². The van der Waals surface area contributed by atoms with Gasteiger partial charge in [-0.15, -0.1) is 0 Å². The normalized spacial score (nSPS) is 28.5. The monoisotopic (exact) mass is 418 g/mol. The van der Waals surface area contributed by atoms with Crippen molar-refractivity contribution in [3.63, 3.8) is 0 Å². The van der Waals surface area contributed by atoms with E-state index in [1.807, 2.05) is 19.9 Å². The average Bonchev–Trinajstić information content (AvgIpc) is 3.34. The van der Waals surface area contributed by atoms with Crippen LogP contribution in [0.1, 0.15) is 47.3 Å². The molecule has 0 spiro atoms. The van der Waals surface area contributed by atoms with Crippen molar-refractivity contribution in [2.45, 2.75) is 51.6 Å². The second-order valence-corrected chi connectivity index (χ2v) is 9.80. The van der Waals surface area contributed by atoms with E-state index in [-0.39, 0.29) is 5.91 Å². The lowest BCUT2D eigenvalue weighted by Gasteiger charge is -2.36. The van der Waals surface area contributed by atoms with Gasteiger partial charge in [0, 0.05) is 50.1 Å². The lowest BCUT2D eigenvalue weighted by Crippen LogP contribution is -2.43. The zero-order chi connectivity index (χ0) is 21.4. The van der Waals surface area contributed by atoms with Gasteiger partial charge in [0.1, 0.15) is 0 Å². The maximum atomic E-state index is 13.2. The maximum Gasteiger partial charge on any atom is 0.255 e. The minimum atomic E-state index is 0.175. The van der Waals surface area contributed by atoms with Crippen LogP contribution >= 0.6 is 0 Å². The molecule has 0 bridgehead atoms. The van der Waals surface area contributed by atoms with Crippen LogP contribution in [-0.2, 0) is 0 Å². The third-order valence-electron chi connectivity index (χ3n) is 7.67. The molecule has 1 aromatic heterocycles. The van der Waals surface area contributed by atoms with Gasteiger partial charge in [-0.3, -0.25) is 14.7 Å². The Balaban J connectivity index is 1.18. The van der Waals surface area contributed by atoms with Gasteiger partial charge in [-0.25, -0.2) is 0 Å². The first-order valence-corrected chi connectivity index (χ1v) is 11.9. The quantitative estimate of drug-likeness (QED) is 0.811. The minimum absolute atomic E-state index is 0.175. The Morgan fingerprint density at radius 3 is 2.45 bits per heavy atom. The number of aromatic nitrogens is 1. The molecule has 3 aliphatic rings. The van der Waals surface area contributed by atoms with E-state index >= 15 is 0 Å². The molecule has 2 saturated heterocycles. The van der Waals surface area contributed by atoms with Crippen molar-refractivity contribution < 1.29 is 4.79 Å². The smallest absolute Gasteiger partial charge is 0.255 e. The number of fused-ring (bicyclic) bond motifs is 1. The number of amides is 1. The number of hydrogen-bond donors (Lipinski definition) is 1. The van der Waals surface area contributed by atoms with Crippen molar-refractivity contribution in [2.24, 2.45) is 11.8 Å². The standard InChI is InChI=1S/C26H34N4O/c1-18-11-12-27-19(2)25(18)26(31)30-16-20-14-29(15-21(20)17-30)24-10-6-9-23(13-24)28-22-7-4-3-5-8-22/h3-5,7-8,11-12,20-21,23-24,28H,6,9-10,13-17H2,1-2H3. The SMILES string of the molecule is Cc1ccnc(C)c1C(=O)N1CC2CN(C3CCCC(Nc4ccccc4)C3)CC2C1. The number of carbonyl (C=O) groups is 1. The van der Waals surface area contributed by atoms with E-state index in [1.165, 1.54) is 31.4 Å². The third-order valence-corrected chi connectivity index (χ3v) is 7.67. The Hall–Kier alpha value is -2.40. The zero-order valence-electron chi connectivity index (χ0n) is 18.8. The molecule has 5 nitrogen and oxygen atoms in total. The van der Waals surface area contributed by atoms with E-state index in [0.29, 0.717) is 23.9 Å². The number of likely N-dealkylation sites (tertiary alicyclic amines) is 2. The van der Waals surface area contributed by atoms with Crippen LogP contribution in [0.3, 0.4) is 0 Å². The molecule has 4 unspecified atom stereocenters. The largest absolute Gasteiger partial charge is 0.382 e. The number of anilines is 1. The summed E-state index contributed by atoms with van der Waals surface area (Å²) < 4.78 is 0. The van der Waals surface area contributed by atoms with Gasteiger partial charge in [0.25, 0.3) is 5.91 Å². The molecule has 1 aromatic carbocycles. The van der Waals surface area contributed by atoms with Crippen LogP contribution in [0.5, 0.6) is 0 Å². The fraction of sp³-hybridized carbons (Fsp3) is 0.538. The molecule has 5 heteroatoms. The van der Waals surface area contributed by atoms with Crippen molar-refractivity contribution in [3.05, 3.63) is 59.4 Å². The predicted molar refractivity (Wildman–Crippen MR) is 124 cm³/mol. The number of nitrogens with one attached hydrogen (secondary N) is 1. The molecule has 3 heterocycles. The summed E-state index contributed by atoms with van der Waals surface area (Å²) in [5, 5.41) is 3.75. The van der Waals surface area contributed by atoms with E-state index in [1.54, 1.807) is 6.20 Å². The number of rotatable bonds is 4. The maximum absolute atomic E-state index is 13.2. The highest BCUT2D eigenvalue weighted by molar-refractivity contribution is 5.96. The Morgan fingerprint density at radius 2 is 1.74 bits per heavy atom. The number of benzene rings is 1. The summed E-state index contributed by atoms with van der Waals surface area (Å²) in [6.45, 7) is 8.04. The average molecular weight is 419 g/mol. The van der Waals surface area contributed by atoms with Gasteiger partial charge in [-0.2, -0.15) is 0 Å². The van der Waals surface area contributed by atoms with E-state index < -0.39 is 0 Å². The molecule has 31 heavy (non-hydrogen) atoms. The number of carbonyl (C=O) groups excluding carboxylic acids is 1. The van der Waals surface area contributed by atoms with Gasteiger partial charge < -0.3 is 10.2 Å². The number of hydrogen-bond acceptors (Lipinski definition) is 4. The predicted octanol–water partition coefficient (Wildman–Crippen LogP) is 4.13. The number of aryl methyl sites for hydroxylation is 2. The van der Waals surface area contributed by atoms with E-state index in [9.17, 15) is 4.79 Å².